The third-order valence-corrected chi connectivity index (χ3v) is 5.27. The molecule has 3 rings (SSSR count). The number of thiocarbonyl (C=S) groups is 1. The van der Waals surface area contributed by atoms with Gasteiger partial charge < -0.3 is 20.4 Å². The molecule has 1 aliphatic rings. The normalized spacial score (nSPS) is 14.3. The summed E-state index contributed by atoms with van der Waals surface area (Å²) in [5.74, 6) is -0.227. The van der Waals surface area contributed by atoms with E-state index in [1.165, 1.54) is 0 Å². The summed E-state index contributed by atoms with van der Waals surface area (Å²) < 4.78 is 0. The van der Waals surface area contributed by atoms with E-state index in [1.807, 2.05) is 48.2 Å². The Hall–Kier alpha value is -2.77. The van der Waals surface area contributed by atoms with Crippen molar-refractivity contribution >= 4 is 34.8 Å². The second-order valence-corrected chi connectivity index (χ2v) is 7.65. The standard InChI is InChI=1S/C22H26N4O2S/c1-16-7-3-4-8-17(16)15-20(27)24-22(29)23-19-10-6-5-9-18(19)21(28)26-13-11-25(2)12-14-26/h3-10H,11-15H2,1-2H3,(H2,23,24,27,29). The molecule has 1 saturated heterocycles. The minimum absolute atomic E-state index is 0.0322. The molecule has 2 aromatic carbocycles. The lowest BCUT2D eigenvalue weighted by Gasteiger charge is -2.32. The van der Waals surface area contributed by atoms with Gasteiger partial charge in [0.2, 0.25) is 5.91 Å². The summed E-state index contributed by atoms with van der Waals surface area (Å²) >= 11 is 5.30. The van der Waals surface area contributed by atoms with Crippen LogP contribution in [-0.2, 0) is 11.2 Å². The molecule has 152 valence electrons. The summed E-state index contributed by atoms with van der Waals surface area (Å²) in [6, 6.07) is 15.0. The predicted octanol–water partition coefficient (Wildman–Crippen LogP) is 2.44. The highest BCUT2D eigenvalue weighted by Gasteiger charge is 2.22. The minimum Gasteiger partial charge on any atom is -0.336 e. The quantitative estimate of drug-likeness (QED) is 0.758. The highest BCUT2D eigenvalue weighted by Crippen LogP contribution is 2.18. The van der Waals surface area contributed by atoms with Gasteiger partial charge >= 0.3 is 0 Å². The molecule has 2 N–H and O–H groups in total. The number of carbonyl (C=O) groups excluding carboxylic acids is 2. The summed E-state index contributed by atoms with van der Waals surface area (Å²) in [4.78, 5) is 29.3. The second-order valence-electron chi connectivity index (χ2n) is 7.25. The predicted molar refractivity (Wildman–Crippen MR) is 119 cm³/mol. The number of nitrogens with zero attached hydrogens (tertiary/aromatic N) is 2. The van der Waals surface area contributed by atoms with Crippen LogP contribution in [0.4, 0.5) is 5.69 Å². The van der Waals surface area contributed by atoms with Crippen LogP contribution >= 0.6 is 12.2 Å². The van der Waals surface area contributed by atoms with Gasteiger partial charge in [0.05, 0.1) is 17.7 Å². The van der Waals surface area contributed by atoms with Crippen molar-refractivity contribution in [1.82, 2.24) is 15.1 Å². The summed E-state index contributed by atoms with van der Waals surface area (Å²) in [7, 11) is 2.05. The molecular weight excluding hydrogens is 384 g/mol. The Labute approximate surface area is 176 Å². The van der Waals surface area contributed by atoms with Gasteiger partial charge in [-0.25, -0.2) is 0 Å². The number of aryl methyl sites for hydroxylation is 1. The molecule has 0 radical (unpaired) electrons. The number of benzene rings is 2. The maximum atomic E-state index is 12.9. The summed E-state index contributed by atoms with van der Waals surface area (Å²) in [6.45, 7) is 5.07. The van der Waals surface area contributed by atoms with Crippen LogP contribution in [-0.4, -0.2) is 60.0 Å². The molecule has 0 spiro atoms. The monoisotopic (exact) mass is 410 g/mol. The van der Waals surface area contributed by atoms with E-state index < -0.39 is 0 Å². The third kappa shape index (κ3) is 5.62. The van der Waals surface area contributed by atoms with Crippen molar-refractivity contribution in [2.75, 3.05) is 38.5 Å². The largest absolute Gasteiger partial charge is 0.336 e. The molecular formula is C22H26N4O2S. The van der Waals surface area contributed by atoms with Crippen molar-refractivity contribution in [2.45, 2.75) is 13.3 Å². The molecule has 7 heteroatoms. The molecule has 2 aromatic rings. The second kappa shape index (κ2) is 9.62. The number of hydrogen-bond donors (Lipinski definition) is 2. The zero-order valence-corrected chi connectivity index (χ0v) is 17.6. The average molecular weight is 411 g/mol. The number of rotatable bonds is 4. The van der Waals surface area contributed by atoms with E-state index in [0.29, 0.717) is 24.3 Å². The first-order valence-corrected chi connectivity index (χ1v) is 10.1. The number of amides is 2. The van der Waals surface area contributed by atoms with E-state index in [4.69, 9.17) is 12.2 Å². The Balaban J connectivity index is 1.62. The van der Waals surface area contributed by atoms with Crippen LogP contribution in [0, 0.1) is 6.92 Å². The van der Waals surface area contributed by atoms with Crippen LogP contribution in [0.25, 0.3) is 0 Å². The molecule has 1 heterocycles. The first kappa shape index (κ1) is 21.0. The molecule has 0 bridgehead atoms. The van der Waals surface area contributed by atoms with E-state index in [0.717, 1.165) is 24.2 Å². The van der Waals surface area contributed by atoms with Gasteiger partial charge in [-0.2, -0.15) is 0 Å². The first-order valence-electron chi connectivity index (χ1n) is 9.66. The number of anilines is 1. The smallest absolute Gasteiger partial charge is 0.256 e. The zero-order valence-electron chi connectivity index (χ0n) is 16.8. The highest BCUT2D eigenvalue weighted by atomic mass is 32.1. The fraction of sp³-hybridized carbons (Fsp3) is 0.318. The SMILES string of the molecule is Cc1ccccc1CC(=O)NC(=S)Nc1ccccc1C(=O)N1CCN(C)CC1. The fourth-order valence-corrected chi connectivity index (χ4v) is 3.49. The van der Waals surface area contributed by atoms with Crippen LogP contribution in [0.5, 0.6) is 0 Å². The molecule has 0 aromatic heterocycles. The molecule has 1 aliphatic heterocycles. The Kier molecular flexibility index (Phi) is 6.95. The lowest BCUT2D eigenvalue weighted by atomic mass is 10.1. The van der Waals surface area contributed by atoms with Crippen molar-refractivity contribution in [3.8, 4) is 0 Å². The Morgan fingerprint density at radius 1 is 1.00 bits per heavy atom. The number of nitrogens with one attached hydrogen (secondary N) is 2. The molecule has 0 saturated carbocycles. The zero-order chi connectivity index (χ0) is 20.8. The van der Waals surface area contributed by atoms with Crippen LogP contribution < -0.4 is 10.6 Å². The van der Waals surface area contributed by atoms with Crippen LogP contribution in [0.15, 0.2) is 48.5 Å². The van der Waals surface area contributed by atoms with Crippen molar-refractivity contribution in [2.24, 2.45) is 0 Å². The summed E-state index contributed by atoms with van der Waals surface area (Å²) in [5.41, 5.74) is 3.16. The maximum absolute atomic E-state index is 12.9. The van der Waals surface area contributed by atoms with Gasteiger partial charge in [0.1, 0.15) is 0 Å². The maximum Gasteiger partial charge on any atom is 0.256 e. The highest BCUT2D eigenvalue weighted by molar-refractivity contribution is 7.80. The van der Waals surface area contributed by atoms with Gasteiger partial charge in [-0.15, -0.1) is 0 Å². The van der Waals surface area contributed by atoms with Gasteiger partial charge in [0.25, 0.3) is 5.91 Å². The van der Waals surface area contributed by atoms with Crippen molar-refractivity contribution in [3.05, 3.63) is 65.2 Å². The van der Waals surface area contributed by atoms with Crippen LogP contribution in [0.3, 0.4) is 0 Å². The molecule has 0 unspecified atom stereocenters. The van der Waals surface area contributed by atoms with Crippen molar-refractivity contribution < 1.29 is 9.59 Å². The molecule has 2 amide bonds. The lowest BCUT2D eigenvalue weighted by molar-refractivity contribution is -0.119. The first-order chi connectivity index (χ1) is 13.9. The van der Waals surface area contributed by atoms with E-state index in [-0.39, 0.29) is 23.3 Å². The summed E-state index contributed by atoms with van der Waals surface area (Å²) in [5, 5.41) is 5.90. The Bertz CT molecular complexity index is 907. The summed E-state index contributed by atoms with van der Waals surface area (Å²) in [6.07, 6.45) is 0.246. The number of para-hydroxylation sites is 1. The van der Waals surface area contributed by atoms with Crippen LogP contribution in [0.2, 0.25) is 0 Å². The Morgan fingerprint density at radius 3 is 2.38 bits per heavy atom. The van der Waals surface area contributed by atoms with Gasteiger partial charge in [0.15, 0.2) is 5.11 Å². The number of hydrogen-bond acceptors (Lipinski definition) is 4. The van der Waals surface area contributed by atoms with E-state index in [2.05, 4.69) is 22.6 Å². The molecule has 29 heavy (non-hydrogen) atoms. The average Bonchev–Trinajstić information content (AvgIpc) is 2.70. The van der Waals surface area contributed by atoms with Gasteiger partial charge in [0, 0.05) is 26.2 Å². The van der Waals surface area contributed by atoms with E-state index >= 15 is 0 Å². The fourth-order valence-electron chi connectivity index (χ4n) is 3.26. The van der Waals surface area contributed by atoms with Crippen molar-refractivity contribution in [1.29, 1.82) is 0 Å². The topological polar surface area (TPSA) is 64.7 Å². The number of carbonyl (C=O) groups is 2. The molecule has 6 nitrogen and oxygen atoms in total. The lowest BCUT2D eigenvalue weighted by Crippen LogP contribution is -2.47. The molecule has 1 fully saturated rings. The molecule has 0 atom stereocenters. The van der Waals surface area contributed by atoms with Gasteiger partial charge in [-0.3, -0.25) is 9.59 Å². The number of piperazine rings is 1. The van der Waals surface area contributed by atoms with E-state index in [9.17, 15) is 9.59 Å². The Morgan fingerprint density at radius 2 is 1.66 bits per heavy atom. The van der Waals surface area contributed by atoms with Gasteiger partial charge in [-0.1, -0.05) is 36.4 Å². The number of likely N-dealkylation sites (N-methyl/N-ethyl adjacent to an activating group) is 1. The molecule has 0 aliphatic carbocycles. The van der Waals surface area contributed by atoms with E-state index in [1.54, 1.807) is 12.1 Å². The third-order valence-electron chi connectivity index (χ3n) is 5.06. The van der Waals surface area contributed by atoms with Gasteiger partial charge in [-0.05, 0) is 49.4 Å². The van der Waals surface area contributed by atoms with Crippen LogP contribution in [0.1, 0.15) is 21.5 Å². The minimum atomic E-state index is -0.195. The van der Waals surface area contributed by atoms with Crippen molar-refractivity contribution in [3.63, 3.8) is 0 Å².